The molecule has 0 saturated carbocycles. The molecule has 0 radical (unpaired) electrons. The second-order valence-electron chi connectivity index (χ2n) is 5.35. The number of thiophene rings is 1. The van der Waals surface area contributed by atoms with Gasteiger partial charge in [0.05, 0.1) is 4.88 Å². The lowest BCUT2D eigenvalue weighted by Gasteiger charge is -2.04. The quantitative estimate of drug-likeness (QED) is 0.624. The van der Waals surface area contributed by atoms with Gasteiger partial charge in [-0.3, -0.25) is 4.79 Å². The third kappa shape index (κ3) is 6.42. The molecule has 0 saturated heterocycles. The highest BCUT2D eigenvalue weighted by Gasteiger charge is 2.09. The Hall–Kier alpha value is -1.03. The summed E-state index contributed by atoms with van der Waals surface area (Å²) in [5.74, 6) is 0.0118. The minimum absolute atomic E-state index is 0.0118. The number of unbranched alkanes of at least 4 members (excludes halogenated alkanes) is 7. The second kappa shape index (κ2) is 9.81. The van der Waals surface area contributed by atoms with Gasteiger partial charge in [-0.2, -0.15) is 0 Å². The van der Waals surface area contributed by atoms with Crippen molar-refractivity contribution in [2.75, 3.05) is 12.3 Å². The highest BCUT2D eigenvalue weighted by Crippen LogP contribution is 2.23. The summed E-state index contributed by atoms with van der Waals surface area (Å²) in [6.45, 7) is 4.95. The first-order chi connectivity index (χ1) is 9.65. The van der Waals surface area contributed by atoms with Crippen molar-refractivity contribution in [3.63, 3.8) is 0 Å². The van der Waals surface area contributed by atoms with Gasteiger partial charge in [0.15, 0.2) is 0 Å². The van der Waals surface area contributed by atoms with Crippen LogP contribution >= 0.6 is 11.3 Å². The van der Waals surface area contributed by atoms with Crippen molar-refractivity contribution in [1.29, 1.82) is 0 Å². The number of nitrogens with one attached hydrogen (secondary N) is 1. The number of rotatable bonds is 10. The Bertz CT molecular complexity index is 382. The predicted molar refractivity (Wildman–Crippen MR) is 88.4 cm³/mol. The minimum Gasteiger partial charge on any atom is -0.398 e. The van der Waals surface area contributed by atoms with E-state index in [4.69, 9.17) is 5.73 Å². The van der Waals surface area contributed by atoms with Crippen LogP contribution in [0.1, 0.15) is 72.8 Å². The lowest BCUT2D eigenvalue weighted by atomic mass is 10.1. The molecule has 1 aromatic heterocycles. The molecule has 0 aliphatic heterocycles. The van der Waals surface area contributed by atoms with Crippen molar-refractivity contribution in [3.8, 4) is 0 Å². The molecular formula is C16H28N2OS. The molecule has 20 heavy (non-hydrogen) atoms. The number of anilines is 1. The molecule has 0 unspecified atom stereocenters. The van der Waals surface area contributed by atoms with E-state index in [0.29, 0.717) is 5.69 Å². The van der Waals surface area contributed by atoms with Gasteiger partial charge in [0.25, 0.3) is 5.91 Å². The van der Waals surface area contributed by atoms with Crippen LogP contribution in [0, 0.1) is 6.92 Å². The van der Waals surface area contributed by atoms with E-state index < -0.39 is 0 Å². The molecule has 0 aliphatic carbocycles. The summed E-state index contributed by atoms with van der Waals surface area (Å²) in [4.78, 5) is 13.6. The molecule has 0 fully saturated rings. The molecule has 1 amide bonds. The third-order valence-corrected chi connectivity index (χ3v) is 4.56. The maximum absolute atomic E-state index is 11.9. The molecule has 3 nitrogen and oxygen atoms in total. The van der Waals surface area contributed by atoms with Crippen molar-refractivity contribution in [3.05, 3.63) is 15.8 Å². The van der Waals surface area contributed by atoms with Crippen LogP contribution in [0.2, 0.25) is 0 Å². The van der Waals surface area contributed by atoms with Gasteiger partial charge in [-0.15, -0.1) is 11.3 Å². The molecule has 4 heteroatoms. The Balaban J connectivity index is 2.02. The van der Waals surface area contributed by atoms with Gasteiger partial charge >= 0.3 is 0 Å². The van der Waals surface area contributed by atoms with E-state index in [-0.39, 0.29) is 5.91 Å². The van der Waals surface area contributed by atoms with Crippen LogP contribution in [0.4, 0.5) is 5.69 Å². The van der Waals surface area contributed by atoms with E-state index in [0.717, 1.165) is 22.7 Å². The number of carbonyl (C=O) groups is 1. The standard InChI is InChI=1S/C16H28N2OS/c1-3-4-5-6-7-8-9-10-11-18-16(19)15-12-14(17)13(2)20-15/h12H,3-11,17H2,1-2H3,(H,18,19). The van der Waals surface area contributed by atoms with Gasteiger partial charge < -0.3 is 11.1 Å². The van der Waals surface area contributed by atoms with Gasteiger partial charge in [0.2, 0.25) is 0 Å². The van der Waals surface area contributed by atoms with Crippen LogP contribution < -0.4 is 11.1 Å². The van der Waals surface area contributed by atoms with Crippen molar-refractivity contribution < 1.29 is 4.79 Å². The number of hydrogen-bond donors (Lipinski definition) is 2. The van der Waals surface area contributed by atoms with Crippen LogP contribution in [-0.2, 0) is 0 Å². The fourth-order valence-corrected chi connectivity index (χ4v) is 3.01. The van der Waals surface area contributed by atoms with Crippen molar-refractivity contribution in [2.45, 2.75) is 65.2 Å². The summed E-state index contributed by atoms with van der Waals surface area (Å²) in [6.07, 6.45) is 10.3. The lowest BCUT2D eigenvalue weighted by Crippen LogP contribution is -2.23. The van der Waals surface area contributed by atoms with Crippen LogP contribution in [0.15, 0.2) is 6.07 Å². The summed E-state index contributed by atoms with van der Waals surface area (Å²) in [5, 5.41) is 2.97. The van der Waals surface area contributed by atoms with Crippen LogP contribution in [0.3, 0.4) is 0 Å². The fraction of sp³-hybridized carbons (Fsp3) is 0.688. The smallest absolute Gasteiger partial charge is 0.261 e. The summed E-state index contributed by atoms with van der Waals surface area (Å²) in [5.41, 5.74) is 6.47. The first-order valence-electron chi connectivity index (χ1n) is 7.79. The SMILES string of the molecule is CCCCCCCCCCNC(=O)c1cc(N)c(C)s1. The first kappa shape index (κ1) is 17.0. The van der Waals surface area contributed by atoms with Gasteiger partial charge in [-0.25, -0.2) is 0 Å². The number of amides is 1. The Morgan fingerprint density at radius 1 is 1.15 bits per heavy atom. The molecular weight excluding hydrogens is 268 g/mol. The highest BCUT2D eigenvalue weighted by molar-refractivity contribution is 7.14. The number of nitrogen functional groups attached to an aromatic ring is 1. The van der Waals surface area contributed by atoms with E-state index in [1.807, 2.05) is 6.92 Å². The molecule has 0 atom stereocenters. The molecule has 3 N–H and O–H groups in total. The number of nitrogens with two attached hydrogens (primary N) is 1. The van der Waals surface area contributed by atoms with E-state index in [9.17, 15) is 4.79 Å². The minimum atomic E-state index is 0.0118. The molecule has 114 valence electrons. The summed E-state index contributed by atoms with van der Waals surface area (Å²) in [6, 6.07) is 1.77. The Labute approximate surface area is 127 Å². The van der Waals surface area contributed by atoms with E-state index in [1.54, 1.807) is 6.07 Å². The van der Waals surface area contributed by atoms with Crippen LogP contribution in [-0.4, -0.2) is 12.5 Å². The maximum Gasteiger partial charge on any atom is 0.261 e. The van der Waals surface area contributed by atoms with E-state index in [2.05, 4.69) is 12.2 Å². The van der Waals surface area contributed by atoms with E-state index in [1.165, 1.54) is 56.3 Å². The third-order valence-electron chi connectivity index (χ3n) is 3.50. The summed E-state index contributed by atoms with van der Waals surface area (Å²) >= 11 is 1.46. The van der Waals surface area contributed by atoms with Crippen LogP contribution in [0.25, 0.3) is 0 Å². The van der Waals surface area contributed by atoms with Gasteiger partial charge in [-0.05, 0) is 19.4 Å². The fourth-order valence-electron chi connectivity index (χ4n) is 2.16. The molecule has 0 spiro atoms. The van der Waals surface area contributed by atoms with Gasteiger partial charge in [0, 0.05) is 17.1 Å². The molecule has 0 aliphatic rings. The van der Waals surface area contributed by atoms with Gasteiger partial charge in [-0.1, -0.05) is 51.9 Å². The Morgan fingerprint density at radius 2 is 1.75 bits per heavy atom. The predicted octanol–water partition coefficient (Wildman–Crippen LogP) is 4.51. The average molecular weight is 296 g/mol. The Morgan fingerprint density at radius 3 is 2.30 bits per heavy atom. The highest BCUT2D eigenvalue weighted by atomic mass is 32.1. The largest absolute Gasteiger partial charge is 0.398 e. The van der Waals surface area contributed by atoms with E-state index >= 15 is 0 Å². The molecule has 1 rings (SSSR count). The monoisotopic (exact) mass is 296 g/mol. The summed E-state index contributed by atoms with van der Waals surface area (Å²) < 4.78 is 0. The average Bonchev–Trinajstić information content (AvgIpc) is 2.77. The van der Waals surface area contributed by atoms with Gasteiger partial charge in [0.1, 0.15) is 0 Å². The molecule has 0 aromatic carbocycles. The Kier molecular flexibility index (Phi) is 8.35. The zero-order valence-corrected chi connectivity index (χ0v) is 13.7. The second-order valence-corrected chi connectivity index (χ2v) is 6.61. The number of aryl methyl sites for hydroxylation is 1. The van der Waals surface area contributed by atoms with Crippen molar-refractivity contribution in [1.82, 2.24) is 5.32 Å². The molecule has 0 bridgehead atoms. The molecule has 1 heterocycles. The topological polar surface area (TPSA) is 55.1 Å². The van der Waals surface area contributed by atoms with Crippen LogP contribution in [0.5, 0.6) is 0 Å². The normalized spacial score (nSPS) is 10.7. The summed E-state index contributed by atoms with van der Waals surface area (Å²) in [7, 11) is 0. The van der Waals surface area contributed by atoms with Crippen molar-refractivity contribution in [2.24, 2.45) is 0 Å². The molecule has 1 aromatic rings. The number of carbonyl (C=O) groups excluding carboxylic acids is 1. The zero-order valence-electron chi connectivity index (χ0n) is 12.8. The number of hydrogen-bond acceptors (Lipinski definition) is 3. The van der Waals surface area contributed by atoms with Crippen molar-refractivity contribution >= 4 is 22.9 Å². The zero-order chi connectivity index (χ0) is 14.8. The first-order valence-corrected chi connectivity index (χ1v) is 8.61. The maximum atomic E-state index is 11.9. The lowest BCUT2D eigenvalue weighted by molar-refractivity contribution is 0.0957.